The molecule has 0 saturated carbocycles. The SMILES string of the molecule is O=C(CCc1ccc(O)c([N+](=O)[O-])c1)CCc1ccc(O)c([N+](=O)[O-])c1. The van der Waals surface area contributed by atoms with Gasteiger partial charge in [-0.2, -0.15) is 0 Å². The lowest BCUT2D eigenvalue weighted by Gasteiger charge is -2.04. The van der Waals surface area contributed by atoms with Gasteiger partial charge in [0.05, 0.1) is 9.85 Å². The number of aromatic hydroxyl groups is 2. The first-order chi connectivity index (χ1) is 12.3. The highest BCUT2D eigenvalue weighted by molar-refractivity contribution is 5.79. The van der Waals surface area contributed by atoms with Crippen molar-refractivity contribution in [2.75, 3.05) is 0 Å². The van der Waals surface area contributed by atoms with Gasteiger partial charge in [0.2, 0.25) is 0 Å². The predicted molar refractivity (Wildman–Crippen MR) is 91.2 cm³/mol. The summed E-state index contributed by atoms with van der Waals surface area (Å²) in [6, 6.07) is 7.91. The van der Waals surface area contributed by atoms with Gasteiger partial charge in [0.1, 0.15) is 5.78 Å². The van der Waals surface area contributed by atoms with E-state index in [1.807, 2.05) is 0 Å². The van der Waals surface area contributed by atoms with E-state index in [-0.39, 0.29) is 31.5 Å². The maximum absolute atomic E-state index is 12.0. The van der Waals surface area contributed by atoms with Crippen molar-refractivity contribution in [2.24, 2.45) is 0 Å². The zero-order chi connectivity index (χ0) is 19.3. The van der Waals surface area contributed by atoms with E-state index in [1.165, 1.54) is 36.4 Å². The van der Waals surface area contributed by atoms with Crippen LogP contribution in [0, 0.1) is 20.2 Å². The maximum atomic E-state index is 12.0. The zero-order valence-corrected chi connectivity index (χ0v) is 13.6. The molecule has 2 aromatic carbocycles. The van der Waals surface area contributed by atoms with Gasteiger partial charge in [0.15, 0.2) is 11.5 Å². The van der Waals surface area contributed by atoms with Crippen LogP contribution in [-0.4, -0.2) is 25.8 Å². The molecule has 0 radical (unpaired) electrons. The number of aryl methyl sites for hydroxylation is 2. The number of nitrogens with zero attached hydrogens (tertiary/aromatic N) is 2. The minimum Gasteiger partial charge on any atom is -0.502 e. The number of ketones is 1. The van der Waals surface area contributed by atoms with E-state index in [9.17, 15) is 35.2 Å². The molecule has 0 amide bonds. The standard InChI is InChI=1S/C17H16N2O7/c20-13(5-1-11-3-7-16(21)14(9-11)18(23)24)6-2-12-4-8-17(22)15(10-12)19(25)26/h3-4,7-10,21-22H,1-2,5-6H2. The molecular formula is C17H16N2O7. The van der Waals surface area contributed by atoms with Gasteiger partial charge in [0, 0.05) is 25.0 Å². The average molecular weight is 360 g/mol. The van der Waals surface area contributed by atoms with Crippen molar-refractivity contribution in [1.29, 1.82) is 0 Å². The van der Waals surface area contributed by atoms with Crippen LogP contribution in [0.4, 0.5) is 11.4 Å². The number of carbonyl (C=O) groups excluding carboxylic acids is 1. The fraction of sp³-hybridized carbons (Fsp3) is 0.235. The summed E-state index contributed by atoms with van der Waals surface area (Å²) in [7, 11) is 0. The lowest BCUT2D eigenvalue weighted by molar-refractivity contribution is -0.386. The van der Waals surface area contributed by atoms with E-state index in [2.05, 4.69) is 0 Å². The van der Waals surface area contributed by atoms with Crippen LogP contribution in [0.3, 0.4) is 0 Å². The van der Waals surface area contributed by atoms with Crippen LogP contribution >= 0.6 is 0 Å². The molecule has 136 valence electrons. The maximum Gasteiger partial charge on any atom is 0.310 e. The average Bonchev–Trinajstić information content (AvgIpc) is 2.59. The Morgan fingerprint density at radius 3 is 1.54 bits per heavy atom. The van der Waals surface area contributed by atoms with Crippen molar-refractivity contribution >= 4 is 17.2 Å². The lowest BCUT2D eigenvalue weighted by atomic mass is 10.0. The first kappa shape index (κ1) is 18.8. The number of hydrogen-bond acceptors (Lipinski definition) is 7. The van der Waals surface area contributed by atoms with E-state index < -0.39 is 32.7 Å². The highest BCUT2D eigenvalue weighted by Gasteiger charge is 2.15. The van der Waals surface area contributed by atoms with Gasteiger partial charge >= 0.3 is 11.4 Å². The first-order valence-electron chi connectivity index (χ1n) is 7.72. The summed E-state index contributed by atoms with van der Waals surface area (Å²) in [6.07, 6.45) is 0.884. The molecule has 0 unspecified atom stereocenters. The summed E-state index contributed by atoms with van der Waals surface area (Å²) in [4.78, 5) is 32.2. The fourth-order valence-electron chi connectivity index (χ4n) is 2.43. The normalized spacial score (nSPS) is 10.5. The Balaban J connectivity index is 1.92. The third kappa shape index (κ3) is 4.76. The third-order valence-electron chi connectivity index (χ3n) is 3.86. The van der Waals surface area contributed by atoms with Crippen LogP contribution in [0.25, 0.3) is 0 Å². The zero-order valence-electron chi connectivity index (χ0n) is 13.6. The van der Waals surface area contributed by atoms with E-state index in [0.29, 0.717) is 11.1 Å². The molecule has 0 atom stereocenters. The van der Waals surface area contributed by atoms with Crippen molar-refractivity contribution in [3.05, 3.63) is 67.8 Å². The molecule has 0 bridgehead atoms. The molecule has 2 N–H and O–H groups in total. The van der Waals surface area contributed by atoms with Crippen molar-refractivity contribution in [3.63, 3.8) is 0 Å². The van der Waals surface area contributed by atoms with Gasteiger partial charge in [-0.25, -0.2) is 0 Å². The molecule has 0 spiro atoms. The van der Waals surface area contributed by atoms with Crippen LogP contribution in [0.2, 0.25) is 0 Å². The van der Waals surface area contributed by atoms with E-state index >= 15 is 0 Å². The quantitative estimate of drug-likeness (QED) is 0.543. The molecule has 0 aliphatic carbocycles. The smallest absolute Gasteiger partial charge is 0.310 e. The molecule has 0 aliphatic heterocycles. The molecule has 0 fully saturated rings. The summed E-state index contributed by atoms with van der Waals surface area (Å²) in [5.41, 5.74) is 0.295. The molecule has 0 heterocycles. The highest BCUT2D eigenvalue weighted by Crippen LogP contribution is 2.28. The summed E-state index contributed by atoms with van der Waals surface area (Å²) in [5.74, 6) is -0.963. The number of phenols is 2. The molecule has 2 rings (SSSR count). The second-order valence-electron chi connectivity index (χ2n) is 5.70. The number of rotatable bonds is 8. The second-order valence-corrected chi connectivity index (χ2v) is 5.70. The van der Waals surface area contributed by atoms with Gasteiger partial charge in [-0.05, 0) is 36.1 Å². The van der Waals surface area contributed by atoms with Crippen LogP contribution < -0.4 is 0 Å². The monoisotopic (exact) mass is 360 g/mol. The number of hydrogen-bond donors (Lipinski definition) is 2. The number of benzene rings is 2. The largest absolute Gasteiger partial charge is 0.502 e. The van der Waals surface area contributed by atoms with E-state index in [0.717, 1.165) is 0 Å². The van der Waals surface area contributed by atoms with Crippen molar-refractivity contribution in [2.45, 2.75) is 25.7 Å². The molecule has 2 aromatic rings. The molecule has 26 heavy (non-hydrogen) atoms. The summed E-state index contributed by atoms with van der Waals surface area (Å²) in [5, 5.41) is 40.4. The molecule has 0 saturated heterocycles. The summed E-state index contributed by atoms with van der Waals surface area (Å²) in [6.45, 7) is 0. The Morgan fingerprint density at radius 1 is 0.808 bits per heavy atom. The molecule has 9 nitrogen and oxygen atoms in total. The summed E-state index contributed by atoms with van der Waals surface area (Å²) < 4.78 is 0. The van der Waals surface area contributed by atoms with Crippen LogP contribution in [0.1, 0.15) is 24.0 Å². The summed E-state index contributed by atoms with van der Waals surface area (Å²) >= 11 is 0. The Bertz CT molecular complexity index is 795. The molecule has 0 aliphatic rings. The van der Waals surface area contributed by atoms with Gasteiger partial charge in [-0.1, -0.05) is 12.1 Å². The highest BCUT2D eigenvalue weighted by atomic mass is 16.6. The second kappa shape index (κ2) is 8.06. The Morgan fingerprint density at radius 2 is 1.19 bits per heavy atom. The Labute approximate surface area is 147 Å². The van der Waals surface area contributed by atoms with Crippen molar-refractivity contribution < 1.29 is 24.9 Å². The third-order valence-corrected chi connectivity index (χ3v) is 3.86. The number of nitro benzene ring substituents is 2. The predicted octanol–water partition coefficient (Wildman–Crippen LogP) is 3.05. The first-order valence-corrected chi connectivity index (χ1v) is 7.72. The minimum atomic E-state index is -0.696. The minimum absolute atomic E-state index is 0.101. The fourth-order valence-corrected chi connectivity index (χ4v) is 2.43. The van der Waals surface area contributed by atoms with Crippen molar-refractivity contribution in [3.8, 4) is 11.5 Å². The molecule has 0 aromatic heterocycles. The van der Waals surface area contributed by atoms with Gasteiger partial charge < -0.3 is 10.2 Å². The van der Waals surface area contributed by atoms with Crippen LogP contribution in [0.15, 0.2) is 36.4 Å². The number of phenolic OH excluding ortho intramolecular Hbond substituents is 2. The topological polar surface area (TPSA) is 144 Å². The van der Waals surface area contributed by atoms with E-state index in [4.69, 9.17) is 0 Å². The van der Waals surface area contributed by atoms with Crippen LogP contribution in [-0.2, 0) is 17.6 Å². The van der Waals surface area contributed by atoms with E-state index in [1.54, 1.807) is 0 Å². The molecule has 9 heteroatoms. The van der Waals surface area contributed by atoms with Crippen LogP contribution in [0.5, 0.6) is 11.5 Å². The Kier molecular flexibility index (Phi) is 5.84. The lowest BCUT2D eigenvalue weighted by Crippen LogP contribution is -2.03. The number of nitro groups is 2. The van der Waals surface area contributed by atoms with Gasteiger partial charge in [-0.3, -0.25) is 25.0 Å². The van der Waals surface area contributed by atoms with Crippen molar-refractivity contribution in [1.82, 2.24) is 0 Å². The number of Topliss-reactive ketones (excluding diaryl/α,β-unsaturated/α-hetero) is 1. The Hall–Kier alpha value is -3.49. The van der Waals surface area contributed by atoms with Gasteiger partial charge in [0.25, 0.3) is 0 Å². The van der Waals surface area contributed by atoms with Gasteiger partial charge in [-0.15, -0.1) is 0 Å². The molecular weight excluding hydrogens is 344 g/mol. The number of carbonyl (C=O) groups is 1.